The highest BCUT2D eigenvalue weighted by molar-refractivity contribution is 6.08. The number of hydrogen-bond donors (Lipinski definition) is 3. The molecule has 3 aromatic carbocycles. The average Bonchev–Trinajstić information content (AvgIpc) is 3.94. The van der Waals surface area contributed by atoms with Crippen LogP contribution in [-0.2, 0) is 0 Å². The summed E-state index contributed by atoms with van der Waals surface area (Å²) in [4.78, 5) is 19.9. The van der Waals surface area contributed by atoms with E-state index in [9.17, 15) is 53.1 Å². The smallest absolute Gasteiger partial charge is 0.215 e. The van der Waals surface area contributed by atoms with E-state index in [4.69, 9.17) is 0 Å². The number of aromatic amines is 3. The van der Waals surface area contributed by atoms with E-state index in [2.05, 4.69) is 15.0 Å². The Morgan fingerprint density at radius 2 is 0.885 bits per heavy atom. The van der Waals surface area contributed by atoms with Crippen molar-refractivity contribution in [3.8, 4) is 0 Å². The molecule has 3 aromatic heterocycles. The zero-order valence-corrected chi connectivity index (χ0v) is 24.8. The molecule has 4 nitrogen and oxygen atoms in total. The third-order valence-corrected chi connectivity index (χ3v) is 8.09. The standard InChI is InChI=1S/C33H12F15N3O/c34-18-15(19(35)25(41)30(46)24(18)40)13(8-3-4-49-6-8)12-5-9(7-50-12)14(16-20(36)26(42)31(47)27(43)21(16)37)10-1-2-11(51-10)33(52)17-22(38)28(44)32(48)29(45)23(17)39/h1-7,13-14,49-51H. The normalized spacial score (nSPS) is 12.8. The first-order valence-electron chi connectivity index (χ1n) is 14.1. The Balaban J connectivity index is 1.57. The van der Waals surface area contributed by atoms with Crippen molar-refractivity contribution in [3.63, 3.8) is 0 Å². The number of ketones is 1. The van der Waals surface area contributed by atoms with Gasteiger partial charge in [-0.05, 0) is 35.4 Å². The van der Waals surface area contributed by atoms with Crippen LogP contribution in [0.2, 0.25) is 0 Å². The molecular formula is C33H12F15N3O. The minimum absolute atomic E-state index is 0.181. The van der Waals surface area contributed by atoms with Gasteiger partial charge in [0.25, 0.3) is 0 Å². The van der Waals surface area contributed by atoms with Crippen LogP contribution < -0.4 is 0 Å². The second-order valence-corrected chi connectivity index (χ2v) is 11.0. The van der Waals surface area contributed by atoms with Gasteiger partial charge in [-0.15, -0.1) is 0 Å². The van der Waals surface area contributed by atoms with Crippen LogP contribution in [0, 0.1) is 87.3 Å². The average molecular weight is 751 g/mol. The largest absolute Gasteiger partial charge is 0.367 e. The Morgan fingerprint density at radius 1 is 0.462 bits per heavy atom. The summed E-state index contributed by atoms with van der Waals surface area (Å²) in [6, 6.07) is 3.19. The second kappa shape index (κ2) is 13.0. The molecule has 6 rings (SSSR count). The summed E-state index contributed by atoms with van der Waals surface area (Å²) in [6.07, 6.45) is 3.00. The Morgan fingerprint density at radius 3 is 1.33 bits per heavy atom. The van der Waals surface area contributed by atoms with E-state index in [1.165, 1.54) is 6.20 Å². The number of benzene rings is 3. The molecule has 0 radical (unpaired) electrons. The molecule has 0 spiro atoms. The topological polar surface area (TPSA) is 64.4 Å². The Kier molecular flexibility index (Phi) is 9.00. The van der Waals surface area contributed by atoms with Crippen molar-refractivity contribution in [3.05, 3.63) is 175 Å². The predicted octanol–water partition coefficient (Wildman–Crippen LogP) is 9.35. The Bertz CT molecular complexity index is 2330. The molecule has 3 heterocycles. The maximum Gasteiger partial charge on any atom is 0.215 e. The summed E-state index contributed by atoms with van der Waals surface area (Å²) < 4.78 is 216. The first-order chi connectivity index (χ1) is 24.5. The van der Waals surface area contributed by atoms with Crippen molar-refractivity contribution in [1.82, 2.24) is 15.0 Å². The van der Waals surface area contributed by atoms with Crippen LogP contribution in [0.25, 0.3) is 0 Å². The van der Waals surface area contributed by atoms with E-state index in [1.54, 1.807) is 0 Å². The van der Waals surface area contributed by atoms with E-state index < -0.39 is 144 Å². The van der Waals surface area contributed by atoms with Crippen molar-refractivity contribution in [2.45, 2.75) is 11.8 Å². The van der Waals surface area contributed by atoms with Crippen molar-refractivity contribution < 1.29 is 70.7 Å². The summed E-state index contributed by atoms with van der Waals surface area (Å²) in [7, 11) is 0. The first kappa shape index (κ1) is 35.9. The fourth-order valence-electron chi connectivity index (χ4n) is 5.69. The van der Waals surface area contributed by atoms with E-state index in [0.29, 0.717) is 12.1 Å². The summed E-state index contributed by atoms with van der Waals surface area (Å²) in [5.41, 5.74) is -8.12. The van der Waals surface area contributed by atoms with Crippen LogP contribution in [0.5, 0.6) is 0 Å². The molecule has 0 fully saturated rings. The van der Waals surface area contributed by atoms with Gasteiger partial charge in [-0.3, -0.25) is 4.79 Å². The number of H-pyrrole nitrogens is 3. The molecular weight excluding hydrogens is 739 g/mol. The number of rotatable bonds is 8. The number of carbonyl (C=O) groups excluding carboxylic acids is 1. The minimum Gasteiger partial charge on any atom is -0.367 e. The molecule has 0 aliphatic heterocycles. The predicted molar refractivity (Wildman–Crippen MR) is 146 cm³/mol. The summed E-state index contributed by atoms with van der Waals surface area (Å²) >= 11 is 0. The molecule has 6 aromatic rings. The Labute approximate surface area is 278 Å². The lowest BCUT2D eigenvalue weighted by molar-refractivity contribution is 0.102. The SMILES string of the molecule is O=C(c1ccc(C(c2c[nH]c(C(c3cc[nH]c3)c3c(F)c(F)c(F)c(F)c3F)c2)c2c(F)c(F)c(F)c(F)c2F)[nH]1)c1c(F)c(F)c(F)c(F)c1F. The lowest BCUT2D eigenvalue weighted by atomic mass is 9.86. The second-order valence-electron chi connectivity index (χ2n) is 11.0. The highest BCUT2D eigenvalue weighted by Gasteiger charge is 2.37. The van der Waals surface area contributed by atoms with Crippen LogP contribution in [0.4, 0.5) is 65.9 Å². The first-order valence-corrected chi connectivity index (χ1v) is 14.1. The molecule has 0 aliphatic carbocycles. The van der Waals surface area contributed by atoms with Crippen molar-refractivity contribution in [1.29, 1.82) is 0 Å². The lowest BCUT2D eigenvalue weighted by Crippen LogP contribution is -2.16. The zero-order valence-electron chi connectivity index (χ0n) is 24.8. The third kappa shape index (κ3) is 5.41. The van der Waals surface area contributed by atoms with Gasteiger partial charge in [0, 0.05) is 41.1 Å². The van der Waals surface area contributed by atoms with E-state index >= 15 is 17.6 Å². The van der Waals surface area contributed by atoms with Gasteiger partial charge in [-0.25, -0.2) is 65.9 Å². The van der Waals surface area contributed by atoms with Crippen molar-refractivity contribution >= 4 is 5.78 Å². The monoisotopic (exact) mass is 751 g/mol. The number of halogens is 15. The number of nitrogens with one attached hydrogen (secondary N) is 3. The van der Waals surface area contributed by atoms with Crippen molar-refractivity contribution in [2.75, 3.05) is 0 Å². The van der Waals surface area contributed by atoms with Crippen LogP contribution in [0.15, 0.2) is 42.9 Å². The maximum absolute atomic E-state index is 15.3. The quantitative estimate of drug-likeness (QED) is 0.0618. The van der Waals surface area contributed by atoms with Crippen LogP contribution in [-0.4, -0.2) is 20.7 Å². The minimum atomic E-state index is -2.61. The highest BCUT2D eigenvalue weighted by Crippen LogP contribution is 2.42. The molecule has 0 aliphatic rings. The van der Waals surface area contributed by atoms with Gasteiger partial charge in [0.2, 0.25) is 23.2 Å². The van der Waals surface area contributed by atoms with E-state index in [-0.39, 0.29) is 5.56 Å². The fourth-order valence-corrected chi connectivity index (χ4v) is 5.69. The maximum atomic E-state index is 15.3. The summed E-state index contributed by atoms with van der Waals surface area (Å²) in [6.45, 7) is 0. The van der Waals surface area contributed by atoms with Gasteiger partial charge >= 0.3 is 0 Å². The molecule has 3 N–H and O–H groups in total. The molecule has 0 saturated carbocycles. The fraction of sp³-hybridized carbons (Fsp3) is 0.0606. The van der Waals surface area contributed by atoms with Crippen LogP contribution >= 0.6 is 0 Å². The van der Waals surface area contributed by atoms with Gasteiger partial charge < -0.3 is 15.0 Å². The number of aromatic nitrogens is 3. The molecule has 270 valence electrons. The molecule has 19 heteroatoms. The van der Waals surface area contributed by atoms with Gasteiger partial charge in [-0.2, -0.15) is 0 Å². The lowest BCUT2D eigenvalue weighted by Gasteiger charge is -2.19. The van der Waals surface area contributed by atoms with Gasteiger partial charge in [0.15, 0.2) is 69.8 Å². The molecule has 0 bridgehead atoms. The molecule has 2 unspecified atom stereocenters. The molecule has 0 saturated heterocycles. The molecule has 2 atom stereocenters. The molecule has 0 amide bonds. The van der Waals surface area contributed by atoms with Gasteiger partial charge in [0.05, 0.1) is 17.5 Å². The Hall–Kier alpha value is -5.88. The number of hydrogen-bond acceptors (Lipinski definition) is 1. The molecule has 52 heavy (non-hydrogen) atoms. The number of carbonyl (C=O) groups is 1. The van der Waals surface area contributed by atoms with E-state index in [1.807, 2.05) is 0 Å². The highest BCUT2D eigenvalue weighted by atomic mass is 19.2. The van der Waals surface area contributed by atoms with Crippen molar-refractivity contribution in [2.24, 2.45) is 0 Å². The van der Waals surface area contributed by atoms with Gasteiger partial charge in [0.1, 0.15) is 5.56 Å². The summed E-state index contributed by atoms with van der Waals surface area (Å²) in [5, 5.41) is 0. The zero-order chi connectivity index (χ0) is 38.1. The van der Waals surface area contributed by atoms with Crippen LogP contribution in [0.3, 0.4) is 0 Å². The van der Waals surface area contributed by atoms with E-state index in [0.717, 1.165) is 24.5 Å². The summed E-state index contributed by atoms with van der Waals surface area (Å²) in [5.74, 6) is -43.3. The van der Waals surface area contributed by atoms with Crippen LogP contribution in [0.1, 0.15) is 61.5 Å². The van der Waals surface area contributed by atoms with Gasteiger partial charge in [-0.1, -0.05) is 0 Å². The third-order valence-electron chi connectivity index (χ3n) is 8.09.